The number of aromatic nitrogens is 2. The maximum atomic E-state index is 10.4. The van der Waals surface area contributed by atoms with Crippen LogP contribution >= 0.6 is 39.3 Å². The Morgan fingerprint density at radius 3 is 2.60 bits per heavy atom. The zero-order chi connectivity index (χ0) is 14.7. The Morgan fingerprint density at radius 2 is 2.00 bits per heavy atom. The number of thioether (sulfide) groups is 1. The average molecular weight is 376 g/mol. The monoisotopic (exact) mass is 374 g/mol. The highest BCUT2D eigenvalue weighted by Crippen LogP contribution is 2.30. The van der Waals surface area contributed by atoms with Crippen LogP contribution in [-0.4, -0.2) is 20.6 Å². The fourth-order valence-electron chi connectivity index (χ4n) is 1.86. The summed E-state index contributed by atoms with van der Waals surface area (Å²) in [5.74, 6) is 0.568. The lowest BCUT2D eigenvalue weighted by atomic mass is 10.2. The second-order valence-corrected chi connectivity index (χ2v) is 7.08. The first kappa shape index (κ1) is 15.9. The van der Waals surface area contributed by atoms with Crippen molar-refractivity contribution in [1.82, 2.24) is 9.78 Å². The van der Waals surface area contributed by atoms with E-state index in [9.17, 15) is 5.11 Å². The Bertz CT molecular complexity index is 571. The molecule has 20 heavy (non-hydrogen) atoms. The minimum absolute atomic E-state index is 0.214. The smallest absolute Gasteiger partial charge is 0.106 e. The van der Waals surface area contributed by atoms with Gasteiger partial charge >= 0.3 is 0 Å². The summed E-state index contributed by atoms with van der Waals surface area (Å²) in [5, 5.41) is 15.4. The predicted molar refractivity (Wildman–Crippen MR) is 87.4 cm³/mol. The minimum atomic E-state index is -0.574. The summed E-state index contributed by atoms with van der Waals surface area (Å²) in [4.78, 5) is 1.08. The van der Waals surface area contributed by atoms with Gasteiger partial charge in [0.25, 0.3) is 0 Å². The summed E-state index contributed by atoms with van der Waals surface area (Å²) in [6.45, 7) is 4.09. The van der Waals surface area contributed by atoms with Crippen molar-refractivity contribution >= 4 is 39.3 Å². The van der Waals surface area contributed by atoms with Gasteiger partial charge in [-0.25, -0.2) is 0 Å². The van der Waals surface area contributed by atoms with Gasteiger partial charge in [-0.05, 0) is 54.0 Å². The van der Waals surface area contributed by atoms with Crippen LogP contribution in [0.2, 0.25) is 5.02 Å². The summed E-state index contributed by atoms with van der Waals surface area (Å²) in [6, 6.07) is 7.82. The van der Waals surface area contributed by atoms with Crippen LogP contribution in [0.25, 0.3) is 0 Å². The van der Waals surface area contributed by atoms with Gasteiger partial charge in [0.1, 0.15) is 6.10 Å². The van der Waals surface area contributed by atoms with Crippen molar-refractivity contribution in [1.29, 1.82) is 0 Å². The number of halogens is 2. The molecule has 1 aromatic heterocycles. The van der Waals surface area contributed by atoms with Crippen LogP contribution < -0.4 is 0 Å². The molecule has 0 aliphatic heterocycles. The Kier molecular flexibility index (Phi) is 5.55. The standard InChI is InChI=1S/C14H16BrClN2OS/c1-9(2)18-14(12(15)7-17-18)13(19)8-20-11-5-3-10(16)4-6-11/h3-7,9,13,19H,8H2,1-2H3. The summed E-state index contributed by atoms with van der Waals surface area (Å²) in [7, 11) is 0. The molecule has 0 fully saturated rings. The molecule has 1 unspecified atom stereocenters. The molecule has 0 radical (unpaired) electrons. The molecule has 1 aromatic carbocycles. The first-order valence-corrected chi connectivity index (χ1v) is 8.44. The first-order chi connectivity index (χ1) is 9.49. The number of hydrogen-bond donors (Lipinski definition) is 1. The van der Waals surface area contributed by atoms with Crippen molar-refractivity contribution in [3.05, 3.63) is 45.7 Å². The van der Waals surface area contributed by atoms with E-state index in [0.717, 1.165) is 20.1 Å². The van der Waals surface area contributed by atoms with E-state index in [1.54, 1.807) is 18.0 Å². The SMILES string of the molecule is CC(C)n1ncc(Br)c1C(O)CSc1ccc(Cl)cc1. The van der Waals surface area contributed by atoms with Gasteiger partial charge in [-0.3, -0.25) is 4.68 Å². The number of benzene rings is 1. The van der Waals surface area contributed by atoms with Gasteiger partial charge in [0, 0.05) is 21.7 Å². The topological polar surface area (TPSA) is 38.0 Å². The third-order valence-corrected chi connectivity index (χ3v) is 4.76. The van der Waals surface area contributed by atoms with E-state index in [2.05, 4.69) is 21.0 Å². The minimum Gasteiger partial charge on any atom is -0.386 e. The Labute approximate surface area is 136 Å². The summed E-state index contributed by atoms with van der Waals surface area (Å²) < 4.78 is 2.69. The van der Waals surface area contributed by atoms with Gasteiger partial charge in [-0.1, -0.05) is 11.6 Å². The van der Waals surface area contributed by atoms with Crippen molar-refractivity contribution in [2.24, 2.45) is 0 Å². The highest BCUT2D eigenvalue weighted by molar-refractivity contribution is 9.10. The highest BCUT2D eigenvalue weighted by atomic mass is 79.9. The molecule has 3 nitrogen and oxygen atoms in total. The molecule has 2 aromatic rings. The quantitative estimate of drug-likeness (QED) is 0.769. The van der Waals surface area contributed by atoms with E-state index in [-0.39, 0.29) is 6.04 Å². The number of hydrogen-bond acceptors (Lipinski definition) is 3. The van der Waals surface area contributed by atoms with E-state index in [0.29, 0.717) is 5.75 Å². The number of nitrogens with zero attached hydrogens (tertiary/aromatic N) is 2. The number of aliphatic hydroxyl groups is 1. The number of rotatable bonds is 5. The van der Waals surface area contributed by atoms with E-state index < -0.39 is 6.10 Å². The van der Waals surface area contributed by atoms with E-state index in [1.165, 1.54) is 0 Å². The van der Waals surface area contributed by atoms with Crippen LogP contribution in [0.3, 0.4) is 0 Å². The van der Waals surface area contributed by atoms with Crippen molar-refractivity contribution in [2.45, 2.75) is 30.9 Å². The van der Waals surface area contributed by atoms with Gasteiger partial charge in [0.2, 0.25) is 0 Å². The summed E-state index contributed by atoms with van der Waals surface area (Å²) >= 11 is 10.9. The van der Waals surface area contributed by atoms with Crippen LogP contribution in [0.15, 0.2) is 39.8 Å². The third kappa shape index (κ3) is 3.79. The molecule has 0 aliphatic carbocycles. The second kappa shape index (κ2) is 6.98. The van der Waals surface area contributed by atoms with Crippen LogP contribution in [0.5, 0.6) is 0 Å². The highest BCUT2D eigenvalue weighted by Gasteiger charge is 2.19. The van der Waals surface area contributed by atoms with E-state index in [4.69, 9.17) is 11.6 Å². The van der Waals surface area contributed by atoms with Gasteiger partial charge in [0.05, 0.1) is 16.4 Å². The van der Waals surface area contributed by atoms with Gasteiger partial charge in [-0.15, -0.1) is 11.8 Å². The maximum Gasteiger partial charge on any atom is 0.106 e. The molecule has 0 saturated heterocycles. The van der Waals surface area contributed by atoms with E-state index in [1.807, 2.05) is 42.8 Å². The lowest BCUT2D eigenvalue weighted by molar-refractivity contribution is 0.188. The van der Waals surface area contributed by atoms with Gasteiger partial charge < -0.3 is 5.11 Å². The van der Waals surface area contributed by atoms with Crippen LogP contribution in [-0.2, 0) is 0 Å². The molecule has 1 heterocycles. The first-order valence-electron chi connectivity index (χ1n) is 6.28. The molecular formula is C14H16BrClN2OS. The lowest BCUT2D eigenvalue weighted by Crippen LogP contribution is -2.13. The van der Waals surface area contributed by atoms with Crippen molar-refractivity contribution < 1.29 is 5.11 Å². The molecule has 0 aliphatic rings. The van der Waals surface area contributed by atoms with Crippen LogP contribution in [0.1, 0.15) is 31.7 Å². The molecular weight excluding hydrogens is 360 g/mol. The largest absolute Gasteiger partial charge is 0.386 e. The average Bonchev–Trinajstić information content (AvgIpc) is 2.80. The van der Waals surface area contributed by atoms with Crippen LogP contribution in [0.4, 0.5) is 0 Å². The van der Waals surface area contributed by atoms with Crippen molar-refractivity contribution in [3.63, 3.8) is 0 Å². The van der Waals surface area contributed by atoms with Gasteiger partial charge in [0.15, 0.2) is 0 Å². The summed E-state index contributed by atoms with van der Waals surface area (Å²) in [5.41, 5.74) is 0.821. The lowest BCUT2D eigenvalue weighted by Gasteiger charge is -2.16. The predicted octanol–water partition coefficient (Wildman–Crippen LogP) is 4.71. The molecule has 6 heteroatoms. The van der Waals surface area contributed by atoms with E-state index >= 15 is 0 Å². The molecule has 0 spiro atoms. The zero-order valence-corrected chi connectivity index (χ0v) is 14.4. The molecule has 0 bridgehead atoms. The third-order valence-electron chi connectivity index (χ3n) is 2.81. The fourth-order valence-corrected chi connectivity index (χ4v) is 3.36. The van der Waals surface area contributed by atoms with Crippen LogP contribution in [0, 0.1) is 0 Å². The molecule has 0 amide bonds. The Balaban J connectivity index is 2.07. The summed E-state index contributed by atoms with van der Waals surface area (Å²) in [6.07, 6.45) is 1.15. The zero-order valence-electron chi connectivity index (χ0n) is 11.3. The molecule has 1 atom stereocenters. The van der Waals surface area contributed by atoms with Crippen molar-refractivity contribution in [2.75, 3.05) is 5.75 Å². The molecule has 0 saturated carbocycles. The number of aliphatic hydroxyl groups excluding tert-OH is 1. The Morgan fingerprint density at radius 1 is 1.35 bits per heavy atom. The molecule has 2 rings (SSSR count). The Hall–Kier alpha value is -0.490. The maximum absolute atomic E-state index is 10.4. The second-order valence-electron chi connectivity index (χ2n) is 4.70. The van der Waals surface area contributed by atoms with Gasteiger partial charge in [-0.2, -0.15) is 5.10 Å². The normalized spacial score (nSPS) is 12.9. The molecule has 1 N–H and O–H groups in total. The fraction of sp³-hybridized carbons (Fsp3) is 0.357. The molecule has 108 valence electrons. The van der Waals surface area contributed by atoms with Crippen molar-refractivity contribution in [3.8, 4) is 0 Å².